The molecule has 0 saturated carbocycles. The first kappa shape index (κ1) is 17.8. The third-order valence-corrected chi connectivity index (χ3v) is 6.40. The van der Waals surface area contributed by atoms with Crippen LogP contribution in [0.15, 0.2) is 88.5 Å². The molecular formula is C28H19NO2. The predicted octanol–water partition coefficient (Wildman–Crippen LogP) is 5.84. The third kappa shape index (κ3) is 2.34. The van der Waals surface area contributed by atoms with E-state index in [1.807, 2.05) is 36.4 Å². The van der Waals surface area contributed by atoms with Crippen LogP contribution >= 0.6 is 0 Å². The van der Waals surface area contributed by atoms with E-state index in [1.54, 1.807) is 12.1 Å². The van der Waals surface area contributed by atoms with E-state index in [9.17, 15) is 9.59 Å². The third-order valence-electron chi connectivity index (χ3n) is 6.40. The molecule has 0 saturated heterocycles. The van der Waals surface area contributed by atoms with E-state index in [1.165, 1.54) is 21.1 Å². The highest BCUT2D eigenvalue weighted by atomic mass is 16.2. The van der Waals surface area contributed by atoms with Gasteiger partial charge in [-0.2, -0.15) is 0 Å². The fourth-order valence-electron chi connectivity index (χ4n) is 5.05. The van der Waals surface area contributed by atoms with Gasteiger partial charge in [0.25, 0.3) is 11.1 Å². The topological polar surface area (TPSA) is 38.5 Å². The lowest BCUT2D eigenvalue weighted by atomic mass is 9.91. The molecule has 2 aromatic heterocycles. The molecule has 0 radical (unpaired) electrons. The van der Waals surface area contributed by atoms with Gasteiger partial charge in [0, 0.05) is 21.5 Å². The van der Waals surface area contributed by atoms with E-state index in [0.29, 0.717) is 16.3 Å². The van der Waals surface area contributed by atoms with Crippen molar-refractivity contribution >= 4 is 37.8 Å². The van der Waals surface area contributed by atoms with Gasteiger partial charge in [-0.25, -0.2) is 4.40 Å². The second kappa shape index (κ2) is 6.26. The summed E-state index contributed by atoms with van der Waals surface area (Å²) in [4.78, 5) is 26.8. The first-order valence-corrected chi connectivity index (χ1v) is 10.4. The Hall–Kier alpha value is -3.98. The molecule has 2 heterocycles. The summed E-state index contributed by atoms with van der Waals surface area (Å²) in [7, 11) is 0. The van der Waals surface area contributed by atoms with Gasteiger partial charge in [-0.1, -0.05) is 54.6 Å². The zero-order valence-electron chi connectivity index (χ0n) is 17.3. The minimum atomic E-state index is -0.260. The molecule has 0 atom stereocenters. The van der Waals surface area contributed by atoms with Crippen LogP contribution in [0.1, 0.15) is 11.1 Å². The quantitative estimate of drug-likeness (QED) is 0.256. The van der Waals surface area contributed by atoms with Crippen LogP contribution in [0, 0.1) is 13.8 Å². The van der Waals surface area contributed by atoms with Crippen molar-refractivity contribution in [1.29, 1.82) is 0 Å². The van der Waals surface area contributed by atoms with E-state index < -0.39 is 0 Å². The highest BCUT2D eigenvalue weighted by Crippen LogP contribution is 2.36. The lowest BCUT2D eigenvalue weighted by Crippen LogP contribution is -2.27. The molecule has 0 aliphatic heterocycles. The lowest BCUT2D eigenvalue weighted by Gasteiger charge is -2.16. The van der Waals surface area contributed by atoms with Crippen molar-refractivity contribution < 1.29 is 0 Å². The summed E-state index contributed by atoms with van der Waals surface area (Å²) in [5.74, 6) is 0. The van der Waals surface area contributed by atoms with E-state index in [-0.39, 0.29) is 11.1 Å². The van der Waals surface area contributed by atoms with Gasteiger partial charge in [0.2, 0.25) is 0 Å². The Balaban J connectivity index is 1.99. The number of benzene rings is 4. The molecule has 0 unspecified atom stereocenters. The minimum Gasteiger partial charge on any atom is -0.268 e. The maximum absolute atomic E-state index is 13.4. The normalized spacial score (nSPS) is 11.8. The molecule has 6 rings (SSSR count). The summed E-state index contributed by atoms with van der Waals surface area (Å²) < 4.78 is 1.36. The molecule has 148 valence electrons. The number of hydrogen-bond donors (Lipinski definition) is 0. The molecule has 0 aliphatic rings. The van der Waals surface area contributed by atoms with Crippen LogP contribution < -0.4 is 11.1 Å². The summed E-state index contributed by atoms with van der Waals surface area (Å²) in [5, 5.41) is 4.72. The molecule has 0 amide bonds. The van der Waals surface area contributed by atoms with Crippen LogP contribution in [-0.4, -0.2) is 4.40 Å². The van der Waals surface area contributed by atoms with E-state index in [4.69, 9.17) is 0 Å². The van der Waals surface area contributed by atoms with Crippen LogP contribution in [0.25, 0.3) is 49.0 Å². The van der Waals surface area contributed by atoms with Crippen LogP contribution in [0.3, 0.4) is 0 Å². The highest BCUT2D eigenvalue weighted by molar-refractivity contribution is 6.19. The number of pyridine rings is 2. The smallest absolute Gasteiger partial charge is 0.266 e. The fraction of sp³-hybridized carbons (Fsp3) is 0.0714. The van der Waals surface area contributed by atoms with Gasteiger partial charge in [-0.05, 0) is 71.1 Å². The maximum Gasteiger partial charge on any atom is 0.266 e. The summed E-state index contributed by atoms with van der Waals surface area (Å²) >= 11 is 0. The average Bonchev–Trinajstić information content (AvgIpc) is 2.78. The number of hydrogen-bond acceptors (Lipinski definition) is 2. The van der Waals surface area contributed by atoms with Crippen molar-refractivity contribution in [3.05, 3.63) is 111 Å². The monoisotopic (exact) mass is 401 g/mol. The first-order valence-electron chi connectivity index (χ1n) is 10.4. The van der Waals surface area contributed by atoms with Crippen LogP contribution in [0.4, 0.5) is 0 Å². The lowest BCUT2D eigenvalue weighted by molar-refractivity contribution is 1.09. The molecular weight excluding hydrogens is 382 g/mol. The van der Waals surface area contributed by atoms with Crippen LogP contribution in [0.2, 0.25) is 0 Å². The molecule has 4 aromatic carbocycles. The van der Waals surface area contributed by atoms with Gasteiger partial charge in [0.05, 0.1) is 5.52 Å². The Morgan fingerprint density at radius 2 is 1.00 bits per heavy atom. The summed E-state index contributed by atoms with van der Waals surface area (Å²) in [6.07, 6.45) is 0. The first-order chi connectivity index (χ1) is 15.1. The van der Waals surface area contributed by atoms with Crippen LogP contribution in [-0.2, 0) is 0 Å². The van der Waals surface area contributed by atoms with Gasteiger partial charge < -0.3 is 0 Å². The number of aryl methyl sites for hydroxylation is 2. The molecule has 6 aromatic rings. The summed E-state index contributed by atoms with van der Waals surface area (Å²) in [6, 6.07) is 25.7. The fourth-order valence-corrected chi connectivity index (χ4v) is 5.05. The summed E-state index contributed by atoms with van der Waals surface area (Å²) in [6.45, 7) is 4.24. The van der Waals surface area contributed by atoms with Gasteiger partial charge >= 0.3 is 0 Å². The zero-order valence-corrected chi connectivity index (χ0v) is 17.3. The number of aromatic nitrogens is 1. The second-order valence-corrected chi connectivity index (χ2v) is 8.22. The van der Waals surface area contributed by atoms with Crippen molar-refractivity contribution in [2.45, 2.75) is 13.8 Å². The van der Waals surface area contributed by atoms with Gasteiger partial charge in [-0.3, -0.25) is 9.59 Å². The maximum atomic E-state index is 13.4. The Labute approximate surface area is 178 Å². The van der Waals surface area contributed by atoms with Crippen molar-refractivity contribution in [2.75, 3.05) is 0 Å². The van der Waals surface area contributed by atoms with Crippen LogP contribution in [0.5, 0.6) is 0 Å². The predicted molar refractivity (Wildman–Crippen MR) is 129 cm³/mol. The molecule has 3 nitrogen and oxygen atoms in total. The molecule has 0 spiro atoms. The molecule has 31 heavy (non-hydrogen) atoms. The van der Waals surface area contributed by atoms with Crippen molar-refractivity contribution in [3.8, 4) is 11.1 Å². The number of rotatable bonds is 1. The Morgan fingerprint density at radius 1 is 0.548 bits per heavy atom. The Morgan fingerprint density at radius 3 is 1.48 bits per heavy atom. The van der Waals surface area contributed by atoms with Gasteiger partial charge in [-0.15, -0.1) is 0 Å². The highest BCUT2D eigenvalue weighted by Gasteiger charge is 2.18. The van der Waals surface area contributed by atoms with E-state index >= 15 is 0 Å². The molecule has 0 N–H and O–H groups in total. The molecule has 0 aliphatic carbocycles. The minimum absolute atomic E-state index is 0.260. The largest absolute Gasteiger partial charge is 0.268 e. The van der Waals surface area contributed by atoms with Gasteiger partial charge in [0.15, 0.2) is 0 Å². The summed E-state index contributed by atoms with van der Waals surface area (Å²) in [5.41, 5.74) is 4.86. The Bertz CT molecular complexity index is 1670. The molecule has 0 bridgehead atoms. The van der Waals surface area contributed by atoms with Crippen molar-refractivity contribution in [1.82, 2.24) is 4.40 Å². The zero-order chi connectivity index (χ0) is 21.3. The number of nitrogens with zero attached hydrogens (tertiary/aromatic N) is 1. The standard InChI is InChI=1S/C28H19NO2/c1-16-8-7-9-17(2)25(16)18-14-23-19-10-3-5-12-21(19)27(30)29-26(23)24(15-18)20-11-4-6-13-22(20)28(29)31/h3-15H,1-2H3. The Kier molecular flexibility index (Phi) is 3.60. The van der Waals surface area contributed by atoms with Crippen molar-refractivity contribution in [3.63, 3.8) is 0 Å². The average molecular weight is 401 g/mol. The molecule has 0 fully saturated rings. The van der Waals surface area contributed by atoms with Gasteiger partial charge in [0.1, 0.15) is 0 Å². The van der Waals surface area contributed by atoms with Crippen molar-refractivity contribution in [2.24, 2.45) is 0 Å². The SMILES string of the molecule is Cc1cccc(C)c1-c1cc2c3ccccc3c(=O)n3c(=O)c4ccccc4c(c1)c23. The van der Waals surface area contributed by atoms with E-state index in [0.717, 1.165) is 27.1 Å². The van der Waals surface area contributed by atoms with E-state index in [2.05, 4.69) is 44.2 Å². The second-order valence-electron chi connectivity index (χ2n) is 8.22. The number of fused-ring (bicyclic) bond motifs is 4. The molecule has 3 heteroatoms.